The summed E-state index contributed by atoms with van der Waals surface area (Å²) in [5.74, 6) is -1.05. The Bertz CT molecular complexity index is 370. The van der Waals surface area contributed by atoms with Crippen LogP contribution in [0, 0.1) is 18.6 Å². The van der Waals surface area contributed by atoms with Gasteiger partial charge in [-0.05, 0) is 31.4 Å². The van der Waals surface area contributed by atoms with E-state index in [2.05, 4.69) is 0 Å². The summed E-state index contributed by atoms with van der Waals surface area (Å²) in [6.45, 7) is 1.43. The maximum atomic E-state index is 13.6. The summed E-state index contributed by atoms with van der Waals surface area (Å²) in [6.07, 6.45) is 1.33. The highest BCUT2D eigenvalue weighted by atomic mass is 19.1. The quantitative estimate of drug-likeness (QED) is 0.773. The van der Waals surface area contributed by atoms with Gasteiger partial charge in [0.15, 0.2) is 0 Å². The van der Waals surface area contributed by atoms with Crippen molar-refractivity contribution >= 4 is 0 Å². The van der Waals surface area contributed by atoms with Crippen molar-refractivity contribution < 1.29 is 13.9 Å². The van der Waals surface area contributed by atoms with Gasteiger partial charge in [0.25, 0.3) is 0 Å². The molecule has 0 saturated heterocycles. The van der Waals surface area contributed by atoms with Crippen LogP contribution in [0.4, 0.5) is 8.78 Å². The van der Waals surface area contributed by atoms with Crippen molar-refractivity contribution in [1.82, 2.24) is 0 Å². The van der Waals surface area contributed by atoms with Gasteiger partial charge in [0.05, 0.1) is 6.61 Å². The van der Waals surface area contributed by atoms with Gasteiger partial charge in [-0.2, -0.15) is 0 Å². The maximum Gasteiger partial charge on any atom is 0.132 e. The van der Waals surface area contributed by atoms with Gasteiger partial charge in [-0.15, -0.1) is 0 Å². The van der Waals surface area contributed by atoms with E-state index in [1.807, 2.05) is 0 Å². The molecule has 3 heteroatoms. The fourth-order valence-electron chi connectivity index (χ4n) is 1.78. The molecule has 1 aliphatic rings. The first-order chi connectivity index (χ1) is 6.60. The van der Waals surface area contributed by atoms with Crippen molar-refractivity contribution in [2.45, 2.75) is 25.2 Å². The molecule has 0 bridgehead atoms. The maximum absolute atomic E-state index is 13.6. The third-order valence-corrected chi connectivity index (χ3v) is 2.97. The molecule has 1 saturated carbocycles. The molecule has 1 fully saturated rings. The van der Waals surface area contributed by atoms with Gasteiger partial charge in [0.2, 0.25) is 0 Å². The van der Waals surface area contributed by atoms with Crippen molar-refractivity contribution in [2.75, 3.05) is 6.61 Å². The predicted octanol–water partition coefficient (Wildman–Crippen LogP) is 2.30. The Labute approximate surface area is 81.4 Å². The fourth-order valence-corrected chi connectivity index (χ4v) is 1.78. The lowest BCUT2D eigenvalue weighted by Gasteiger charge is -2.15. The fraction of sp³-hybridized carbons (Fsp3) is 0.455. The number of benzene rings is 1. The minimum atomic E-state index is -0.639. The van der Waals surface area contributed by atoms with Gasteiger partial charge in [-0.1, -0.05) is 6.07 Å². The van der Waals surface area contributed by atoms with Crippen LogP contribution in [0.3, 0.4) is 0 Å². The topological polar surface area (TPSA) is 20.2 Å². The van der Waals surface area contributed by atoms with Crippen LogP contribution in [-0.4, -0.2) is 11.7 Å². The second kappa shape index (κ2) is 3.02. The van der Waals surface area contributed by atoms with Gasteiger partial charge in [-0.3, -0.25) is 0 Å². The van der Waals surface area contributed by atoms with Gasteiger partial charge in [-0.25, -0.2) is 8.78 Å². The Balaban J connectivity index is 2.57. The molecule has 1 aliphatic carbocycles. The number of hydrogen-bond donors (Lipinski definition) is 1. The van der Waals surface area contributed by atoms with Crippen LogP contribution >= 0.6 is 0 Å². The normalized spacial score (nSPS) is 18.3. The van der Waals surface area contributed by atoms with Gasteiger partial charge < -0.3 is 5.11 Å². The Morgan fingerprint density at radius 2 is 2.00 bits per heavy atom. The molecular weight excluding hydrogens is 186 g/mol. The smallest absolute Gasteiger partial charge is 0.132 e. The highest BCUT2D eigenvalue weighted by molar-refractivity contribution is 5.37. The van der Waals surface area contributed by atoms with Crippen LogP contribution in [0.1, 0.15) is 24.0 Å². The molecule has 0 heterocycles. The minimum absolute atomic E-state index is 0.0694. The molecule has 1 N–H and O–H groups in total. The molecule has 0 aromatic heterocycles. The van der Waals surface area contributed by atoms with Crippen LogP contribution in [0.15, 0.2) is 12.1 Å². The number of halogens is 2. The standard InChI is InChI=1S/C11H12F2O/c1-7-2-3-8(12)9(10(7)13)11(6-14)4-5-11/h2-3,14H,4-6H2,1H3. The van der Waals surface area contributed by atoms with Gasteiger partial charge in [0, 0.05) is 11.0 Å². The molecule has 0 unspecified atom stereocenters. The number of aryl methyl sites for hydroxylation is 1. The Hall–Kier alpha value is -0.960. The Morgan fingerprint density at radius 1 is 1.36 bits per heavy atom. The highest BCUT2D eigenvalue weighted by Crippen LogP contribution is 2.49. The molecule has 14 heavy (non-hydrogen) atoms. The lowest BCUT2D eigenvalue weighted by Crippen LogP contribution is -2.17. The van der Waals surface area contributed by atoms with Crippen LogP contribution in [0.25, 0.3) is 0 Å². The van der Waals surface area contributed by atoms with Crippen LogP contribution in [0.5, 0.6) is 0 Å². The van der Waals surface area contributed by atoms with Crippen molar-refractivity contribution in [3.05, 3.63) is 34.9 Å². The van der Waals surface area contributed by atoms with E-state index in [1.165, 1.54) is 12.1 Å². The summed E-state index contributed by atoms with van der Waals surface area (Å²) >= 11 is 0. The summed E-state index contributed by atoms with van der Waals surface area (Å²) in [5.41, 5.74) is -0.138. The molecule has 0 spiro atoms. The van der Waals surface area contributed by atoms with Crippen molar-refractivity contribution in [3.8, 4) is 0 Å². The van der Waals surface area contributed by atoms with Crippen LogP contribution < -0.4 is 0 Å². The summed E-state index contributed by atoms with van der Waals surface area (Å²) in [5, 5.41) is 9.12. The van der Waals surface area contributed by atoms with E-state index in [0.29, 0.717) is 18.4 Å². The van der Waals surface area contributed by atoms with E-state index < -0.39 is 17.0 Å². The van der Waals surface area contributed by atoms with Gasteiger partial charge >= 0.3 is 0 Å². The second-order valence-electron chi connectivity index (χ2n) is 3.99. The lowest BCUT2D eigenvalue weighted by atomic mass is 9.94. The van der Waals surface area contributed by atoms with E-state index in [9.17, 15) is 8.78 Å². The molecule has 2 rings (SSSR count). The predicted molar refractivity (Wildman–Crippen MR) is 49.1 cm³/mol. The first kappa shape index (κ1) is 9.59. The summed E-state index contributed by atoms with van der Waals surface area (Å²) in [7, 11) is 0. The average molecular weight is 198 g/mol. The van der Waals surface area contributed by atoms with Crippen molar-refractivity contribution in [3.63, 3.8) is 0 Å². The summed E-state index contributed by atoms with van der Waals surface area (Å²) in [4.78, 5) is 0. The molecule has 1 aromatic carbocycles. The third kappa shape index (κ3) is 1.23. The van der Waals surface area contributed by atoms with Crippen molar-refractivity contribution in [1.29, 1.82) is 0 Å². The van der Waals surface area contributed by atoms with E-state index >= 15 is 0 Å². The number of aliphatic hydroxyl groups excluding tert-OH is 1. The minimum Gasteiger partial charge on any atom is -0.395 e. The zero-order chi connectivity index (χ0) is 10.3. The first-order valence-corrected chi connectivity index (χ1v) is 4.67. The van der Waals surface area contributed by atoms with E-state index in [0.717, 1.165) is 0 Å². The van der Waals surface area contributed by atoms with Gasteiger partial charge in [0.1, 0.15) is 11.6 Å². The molecule has 76 valence electrons. The number of rotatable bonds is 2. The average Bonchev–Trinajstić information content (AvgIpc) is 2.93. The van der Waals surface area contributed by atoms with E-state index in [-0.39, 0.29) is 12.2 Å². The molecule has 0 aliphatic heterocycles. The number of aliphatic hydroxyl groups is 1. The van der Waals surface area contributed by atoms with Crippen LogP contribution in [0.2, 0.25) is 0 Å². The molecule has 0 amide bonds. The molecule has 1 aromatic rings. The SMILES string of the molecule is Cc1ccc(F)c(C2(CO)CC2)c1F. The van der Waals surface area contributed by atoms with Crippen LogP contribution in [-0.2, 0) is 5.41 Å². The summed E-state index contributed by atoms with van der Waals surface area (Å²) < 4.78 is 27.0. The highest BCUT2D eigenvalue weighted by Gasteiger charge is 2.47. The second-order valence-corrected chi connectivity index (χ2v) is 3.99. The zero-order valence-electron chi connectivity index (χ0n) is 7.98. The van der Waals surface area contributed by atoms with E-state index in [1.54, 1.807) is 6.92 Å². The zero-order valence-corrected chi connectivity index (χ0v) is 7.98. The largest absolute Gasteiger partial charge is 0.395 e. The molecule has 1 nitrogen and oxygen atoms in total. The Morgan fingerprint density at radius 3 is 2.50 bits per heavy atom. The lowest BCUT2D eigenvalue weighted by molar-refractivity contribution is 0.248. The Kier molecular flexibility index (Phi) is 2.07. The molecule has 0 atom stereocenters. The number of hydrogen-bond acceptors (Lipinski definition) is 1. The molecular formula is C11H12F2O. The first-order valence-electron chi connectivity index (χ1n) is 4.67. The van der Waals surface area contributed by atoms with E-state index in [4.69, 9.17) is 5.11 Å². The third-order valence-electron chi connectivity index (χ3n) is 2.97. The monoisotopic (exact) mass is 198 g/mol. The molecule has 0 radical (unpaired) electrons. The van der Waals surface area contributed by atoms with Crippen molar-refractivity contribution in [2.24, 2.45) is 0 Å². The summed E-state index contributed by atoms with van der Waals surface area (Å²) in [6, 6.07) is 2.69.